The van der Waals surface area contributed by atoms with Gasteiger partial charge in [0, 0.05) is 19.6 Å². The monoisotopic (exact) mass is 537 g/mol. The Labute approximate surface area is 217 Å². The second kappa shape index (κ2) is 11.7. The SMILES string of the molecule is O=C(CN1C(=O)SC(=C2CCN(C(=O)c3ccccc3C(F)(F)F)CC2)C1=O)NCCC1CCCCC1. The van der Waals surface area contributed by atoms with E-state index in [0.29, 0.717) is 18.0 Å². The van der Waals surface area contributed by atoms with Crippen molar-refractivity contribution in [3.63, 3.8) is 0 Å². The predicted octanol–water partition coefficient (Wildman–Crippen LogP) is 4.98. The number of carbonyl (C=O) groups excluding carboxylic acids is 4. The van der Waals surface area contributed by atoms with Crippen molar-refractivity contribution in [1.82, 2.24) is 15.1 Å². The van der Waals surface area contributed by atoms with Gasteiger partial charge in [0.05, 0.1) is 16.0 Å². The van der Waals surface area contributed by atoms with Crippen LogP contribution in [0, 0.1) is 5.92 Å². The number of piperidine rings is 1. The molecule has 3 aliphatic rings. The number of thioether (sulfide) groups is 1. The minimum absolute atomic E-state index is 0.132. The molecule has 37 heavy (non-hydrogen) atoms. The number of nitrogens with one attached hydrogen (secondary N) is 1. The average molecular weight is 538 g/mol. The Bertz CT molecular complexity index is 1090. The molecule has 2 heterocycles. The number of alkyl halides is 3. The first kappa shape index (κ1) is 27.2. The van der Waals surface area contributed by atoms with Crippen LogP contribution in [0.5, 0.6) is 0 Å². The van der Waals surface area contributed by atoms with Crippen LogP contribution in [0.3, 0.4) is 0 Å². The number of benzene rings is 1. The molecule has 0 atom stereocenters. The van der Waals surface area contributed by atoms with E-state index in [0.717, 1.165) is 35.2 Å². The lowest BCUT2D eigenvalue weighted by molar-refractivity contribution is -0.138. The topological polar surface area (TPSA) is 86.8 Å². The highest BCUT2D eigenvalue weighted by Gasteiger charge is 2.40. The molecule has 0 unspecified atom stereocenters. The van der Waals surface area contributed by atoms with E-state index in [1.54, 1.807) is 0 Å². The number of hydrogen-bond donors (Lipinski definition) is 1. The van der Waals surface area contributed by atoms with Crippen LogP contribution in [-0.2, 0) is 15.8 Å². The number of likely N-dealkylation sites (tertiary alicyclic amines) is 1. The molecule has 7 nitrogen and oxygen atoms in total. The lowest BCUT2D eigenvalue weighted by atomic mass is 9.87. The van der Waals surface area contributed by atoms with Gasteiger partial charge in [0.25, 0.3) is 17.1 Å². The third kappa shape index (κ3) is 6.55. The molecule has 0 spiro atoms. The Balaban J connectivity index is 1.32. The number of amides is 4. The van der Waals surface area contributed by atoms with Crippen molar-refractivity contribution in [1.29, 1.82) is 0 Å². The van der Waals surface area contributed by atoms with Crippen molar-refractivity contribution in [2.75, 3.05) is 26.2 Å². The maximum absolute atomic E-state index is 13.3. The highest BCUT2D eigenvalue weighted by molar-refractivity contribution is 8.18. The lowest BCUT2D eigenvalue weighted by Crippen LogP contribution is -2.40. The maximum atomic E-state index is 13.3. The normalized spacial score (nSPS) is 19.5. The molecule has 4 amide bonds. The quantitative estimate of drug-likeness (QED) is 0.518. The van der Waals surface area contributed by atoms with Gasteiger partial charge in [-0.2, -0.15) is 13.2 Å². The zero-order valence-electron chi connectivity index (χ0n) is 20.4. The number of imide groups is 1. The Hall–Kier alpha value is -2.82. The summed E-state index contributed by atoms with van der Waals surface area (Å²) in [6.45, 7) is 0.439. The Morgan fingerprint density at radius 1 is 1.03 bits per heavy atom. The molecule has 200 valence electrons. The van der Waals surface area contributed by atoms with Gasteiger partial charge in [-0.15, -0.1) is 0 Å². The second-order valence-corrected chi connectivity index (χ2v) is 10.6. The van der Waals surface area contributed by atoms with Crippen LogP contribution < -0.4 is 5.32 Å². The number of halogens is 3. The minimum atomic E-state index is -4.64. The first-order valence-corrected chi connectivity index (χ1v) is 13.4. The summed E-state index contributed by atoms with van der Waals surface area (Å²) < 4.78 is 40.0. The molecule has 1 saturated carbocycles. The zero-order chi connectivity index (χ0) is 26.6. The van der Waals surface area contributed by atoms with Crippen molar-refractivity contribution < 1.29 is 32.3 Å². The van der Waals surface area contributed by atoms with Gasteiger partial charge >= 0.3 is 6.18 Å². The van der Waals surface area contributed by atoms with Gasteiger partial charge in [-0.25, -0.2) is 0 Å². The molecular formula is C26H30F3N3O4S. The first-order chi connectivity index (χ1) is 17.6. The van der Waals surface area contributed by atoms with Crippen molar-refractivity contribution in [2.24, 2.45) is 5.92 Å². The highest BCUT2D eigenvalue weighted by atomic mass is 32.2. The standard InChI is InChI=1S/C26H30F3N3O4S/c27-26(28,29)20-9-5-4-8-19(20)23(34)31-14-11-18(12-15-31)22-24(35)32(25(36)37-22)16-21(33)30-13-10-17-6-2-1-3-7-17/h4-5,8-9,17H,1-3,6-7,10-16H2,(H,30,33). The Kier molecular flexibility index (Phi) is 8.61. The summed E-state index contributed by atoms with van der Waals surface area (Å²) in [5, 5.41) is 2.29. The van der Waals surface area contributed by atoms with Gasteiger partial charge in [-0.1, -0.05) is 44.2 Å². The smallest absolute Gasteiger partial charge is 0.355 e. The Morgan fingerprint density at radius 3 is 2.38 bits per heavy atom. The van der Waals surface area contributed by atoms with Crippen LogP contribution in [0.1, 0.15) is 67.3 Å². The minimum Gasteiger partial charge on any atom is -0.355 e. The van der Waals surface area contributed by atoms with Crippen LogP contribution in [-0.4, -0.2) is 58.9 Å². The van der Waals surface area contributed by atoms with E-state index in [-0.39, 0.29) is 43.3 Å². The van der Waals surface area contributed by atoms with Crippen molar-refractivity contribution in [3.8, 4) is 0 Å². The number of rotatable bonds is 6. The van der Waals surface area contributed by atoms with E-state index in [4.69, 9.17) is 0 Å². The first-order valence-electron chi connectivity index (χ1n) is 12.6. The van der Waals surface area contributed by atoms with Gasteiger partial charge < -0.3 is 10.2 Å². The molecular weight excluding hydrogens is 507 g/mol. The van der Waals surface area contributed by atoms with E-state index in [2.05, 4.69) is 5.32 Å². The van der Waals surface area contributed by atoms with Crippen LogP contribution in [0.25, 0.3) is 0 Å². The number of nitrogens with zero attached hydrogens (tertiary/aromatic N) is 2. The van der Waals surface area contributed by atoms with Crippen molar-refractivity contribution in [2.45, 2.75) is 57.5 Å². The molecule has 1 aromatic rings. The fourth-order valence-electron chi connectivity index (χ4n) is 5.14. The fourth-order valence-corrected chi connectivity index (χ4v) is 6.11. The molecule has 1 aliphatic carbocycles. The summed E-state index contributed by atoms with van der Waals surface area (Å²) in [7, 11) is 0. The molecule has 0 aromatic heterocycles. The van der Waals surface area contributed by atoms with Crippen LogP contribution in [0.15, 0.2) is 34.7 Å². The third-order valence-electron chi connectivity index (χ3n) is 7.19. The molecule has 1 aromatic carbocycles. The summed E-state index contributed by atoms with van der Waals surface area (Å²) in [5.74, 6) is -1.02. The predicted molar refractivity (Wildman–Crippen MR) is 133 cm³/mol. The van der Waals surface area contributed by atoms with Gasteiger partial charge in [0.2, 0.25) is 5.91 Å². The van der Waals surface area contributed by atoms with E-state index in [1.165, 1.54) is 49.1 Å². The molecule has 3 fully saturated rings. The molecule has 2 saturated heterocycles. The molecule has 11 heteroatoms. The van der Waals surface area contributed by atoms with E-state index >= 15 is 0 Å². The van der Waals surface area contributed by atoms with Gasteiger partial charge in [0.15, 0.2) is 0 Å². The van der Waals surface area contributed by atoms with E-state index < -0.39 is 34.4 Å². The molecule has 1 N–H and O–H groups in total. The van der Waals surface area contributed by atoms with Crippen LogP contribution >= 0.6 is 11.8 Å². The fraction of sp³-hybridized carbons (Fsp3) is 0.538. The van der Waals surface area contributed by atoms with E-state index in [9.17, 15) is 32.3 Å². The van der Waals surface area contributed by atoms with Gasteiger partial charge in [-0.05, 0) is 54.6 Å². The van der Waals surface area contributed by atoms with Crippen molar-refractivity contribution in [3.05, 3.63) is 45.9 Å². The van der Waals surface area contributed by atoms with Crippen LogP contribution in [0.2, 0.25) is 0 Å². The van der Waals surface area contributed by atoms with Crippen molar-refractivity contribution >= 4 is 34.7 Å². The molecule has 0 radical (unpaired) electrons. The number of hydrogen-bond acceptors (Lipinski definition) is 5. The Morgan fingerprint density at radius 2 is 1.70 bits per heavy atom. The summed E-state index contributed by atoms with van der Waals surface area (Å²) in [6, 6.07) is 4.66. The summed E-state index contributed by atoms with van der Waals surface area (Å²) >= 11 is 0.774. The molecule has 4 rings (SSSR count). The zero-order valence-corrected chi connectivity index (χ0v) is 21.3. The third-order valence-corrected chi connectivity index (χ3v) is 8.25. The summed E-state index contributed by atoms with van der Waals surface area (Å²) in [6.07, 6.45) is 2.82. The molecule has 0 bridgehead atoms. The highest BCUT2D eigenvalue weighted by Crippen LogP contribution is 2.37. The summed E-state index contributed by atoms with van der Waals surface area (Å²) in [4.78, 5) is 53.0. The lowest BCUT2D eigenvalue weighted by Gasteiger charge is -2.29. The molecule has 2 aliphatic heterocycles. The van der Waals surface area contributed by atoms with Gasteiger partial charge in [-0.3, -0.25) is 24.1 Å². The second-order valence-electron chi connectivity index (χ2n) is 9.67. The average Bonchev–Trinajstić information content (AvgIpc) is 3.17. The van der Waals surface area contributed by atoms with Gasteiger partial charge in [0.1, 0.15) is 6.54 Å². The number of carbonyl (C=O) groups is 4. The maximum Gasteiger partial charge on any atom is 0.417 e. The summed E-state index contributed by atoms with van der Waals surface area (Å²) in [5.41, 5.74) is -0.714. The largest absolute Gasteiger partial charge is 0.417 e. The van der Waals surface area contributed by atoms with E-state index in [1.807, 2.05) is 0 Å². The van der Waals surface area contributed by atoms with Crippen LogP contribution in [0.4, 0.5) is 18.0 Å².